The molecule has 154 valence electrons. The summed E-state index contributed by atoms with van der Waals surface area (Å²) in [5, 5.41) is 2.34. The number of hydrazine groups is 1. The number of carbonyl (C=O) groups excluding carboxylic acids is 2. The second-order valence-electron chi connectivity index (χ2n) is 5.47. The number of benzene rings is 2. The Labute approximate surface area is 173 Å². The van der Waals surface area contributed by atoms with Crippen LogP contribution in [0.25, 0.3) is 0 Å². The number of ether oxygens (including phenoxy) is 4. The Morgan fingerprint density at radius 3 is 2.10 bits per heavy atom. The number of rotatable bonds is 7. The number of hydrogen-bond donors (Lipinski definition) is 3. The van der Waals surface area contributed by atoms with Crippen molar-refractivity contribution in [2.24, 2.45) is 0 Å². The molecule has 0 radical (unpaired) electrons. The lowest BCUT2D eigenvalue weighted by Crippen LogP contribution is -2.49. The van der Waals surface area contributed by atoms with E-state index in [1.54, 1.807) is 24.3 Å². The predicted octanol–water partition coefficient (Wildman–Crippen LogP) is 1.43. The van der Waals surface area contributed by atoms with Crippen LogP contribution in [0, 0.1) is 0 Å². The minimum absolute atomic E-state index is 0.100. The maximum absolute atomic E-state index is 12.4. The standard InChI is InChI=1S/C19H21N3O6S/c1-25-14-9-12(10-15(26-2)17(14)27-3)18(24)20-19(29)22-21-16(23)11-28-13-7-5-4-6-8-13/h4-10H,11H2,1-3H3,(H,21,23)(H2,20,22,24,29). The summed E-state index contributed by atoms with van der Waals surface area (Å²) in [5.41, 5.74) is 4.99. The average Bonchev–Trinajstić information content (AvgIpc) is 2.75. The summed E-state index contributed by atoms with van der Waals surface area (Å²) in [4.78, 5) is 24.2. The van der Waals surface area contributed by atoms with Crippen LogP contribution in [0.4, 0.5) is 0 Å². The first-order chi connectivity index (χ1) is 14.0. The zero-order valence-electron chi connectivity index (χ0n) is 16.1. The molecule has 0 atom stereocenters. The quantitative estimate of drug-likeness (QED) is 0.457. The zero-order valence-corrected chi connectivity index (χ0v) is 16.9. The van der Waals surface area contributed by atoms with Gasteiger partial charge in [-0.15, -0.1) is 0 Å². The lowest BCUT2D eigenvalue weighted by Gasteiger charge is -2.15. The van der Waals surface area contributed by atoms with E-state index >= 15 is 0 Å². The molecule has 0 aliphatic heterocycles. The third-order valence-electron chi connectivity index (χ3n) is 3.58. The maximum Gasteiger partial charge on any atom is 0.276 e. The van der Waals surface area contributed by atoms with Crippen molar-refractivity contribution in [3.8, 4) is 23.0 Å². The molecule has 0 aromatic heterocycles. The summed E-state index contributed by atoms with van der Waals surface area (Å²) in [6, 6.07) is 11.8. The Kier molecular flexibility index (Phi) is 8.04. The fraction of sp³-hybridized carbons (Fsp3) is 0.211. The van der Waals surface area contributed by atoms with Crippen LogP contribution in [-0.2, 0) is 4.79 Å². The molecular formula is C19H21N3O6S. The third kappa shape index (κ3) is 6.25. The van der Waals surface area contributed by atoms with Crippen LogP contribution >= 0.6 is 12.2 Å². The van der Waals surface area contributed by atoms with Gasteiger partial charge in [0.05, 0.1) is 21.3 Å². The predicted molar refractivity (Wildman–Crippen MR) is 109 cm³/mol. The highest BCUT2D eigenvalue weighted by atomic mass is 32.1. The minimum atomic E-state index is -0.531. The molecule has 0 bridgehead atoms. The van der Waals surface area contributed by atoms with Crippen LogP contribution in [0.2, 0.25) is 0 Å². The van der Waals surface area contributed by atoms with Gasteiger partial charge in [0, 0.05) is 5.56 Å². The third-order valence-corrected chi connectivity index (χ3v) is 3.79. The van der Waals surface area contributed by atoms with Crippen LogP contribution in [-0.4, -0.2) is 44.9 Å². The van der Waals surface area contributed by atoms with E-state index in [4.69, 9.17) is 31.2 Å². The van der Waals surface area contributed by atoms with Crippen molar-refractivity contribution in [2.45, 2.75) is 0 Å². The largest absolute Gasteiger partial charge is 0.493 e. The molecule has 0 fully saturated rings. The Morgan fingerprint density at radius 2 is 1.55 bits per heavy atom. The van der Waals surface area contributed by atoms with E-state index in [9.17, 15) is 9.59 Å². The summed E-state index contributed by atoms with van der Waals surface area (Å²) in [6.07, 6.45) is 0. The lowest BCUT2D eigenvalue weighted by atomic mass is 10.1. The molecule has 0 saturated carbocycles. The molecule has 0 aliphatic carbocycles. The molecule has 0 saturated heterocycles. The second kappa shape index (κ2) is 10.7. The summed E-state index contributed by atoms with van der Waals surface area (Å²) in [6.45, 7) is -0.222. The van der Waals surface area contributed by atoms with Crippen molar-refractivity contribution >= 4 is 29.1 Å². The second-order valence-corrected chi connectivity index (χ2v) is 5.88. The number of methoxy groups -OCH3 is 3. The summed E-state index contributed by atoms with van der Waals surface area (Å²) in [7, 11) is 4.35. The fourth-order valence-electron chi connectivity index (χ4n) is 2.25. The number of para-hydroxylation sites is 1. The van der Waals surface area contributed by atoms with E-state index < -0.39 is 11.8 Å². The first-order valence-corrected chi connectivity index (χ1v) is 8.77. The van der Waals surface area contributed by atoms with Crippen molar-refractivity contribution in [2.75, 3.05) is 27.9 Å². The number of nitrogens with one attached hydrogen (secondary N) is 3. The molecule has 0 unspecified atom stereocenters. The normalized spacial score (nSPS) is 9.76. The maximum atomic E-state index is 12.4. The van der Waals surface area contributed by atoms with Gasteiger partial charge in [0.25, 0.3) is 11.8 Å². The van der Waals surface area contributed by atoms with E-state index in [-0.39, 0.29) is 17.3 Å². The first kappa shape index (κ1) is 21.8. The molecule has 2 amide bonds. The summed E-state index contributed by atoms with van der Waals surface area (Å²) < 4.78 is 20.9. The first-order valence-electron chi connectivity index (χ1n) is 8.36. The highest BCUT2D eigenvalue weighted by Gasteiger charge is 2.17. The summed E-state index contributed by atoms with van der Waals surface area (Å²) in [5.74, 6) is 0.554. The van der Waals surface area contributed by atoms with Crippen LogP contribution in [0.3, 0.4) is 0 Å². The fourth-order valence-corrected chi connectivity index (χ4v) is 2.39. The van der Waals surface area contributed by atoms with Crippen LogP contribution in [0.5, 0.6) is 23.0 Å². The van der Waals surface area contributed by atoms with Gasteiger partial charge >= 0.3 is 0 Å². The van der Waals surface area contributed by atoms with E-state index in [1.807, 2.05) is 6.07 Å². The molecule has 2 rings (SSSR count). The van der Waals surface area contributed by atoms with Crippen molar-refractivity contribution in [3.63, 3.8) is 0 Å². The van der Waals surface area contributed by atoms with E-state index in [0.717, 1.165) is 0 Å². The van der Waals surface area contributed by atoms with Gasteiger partial charge < -0.3 is 18.9 Å². The van der Waals surface area contributed by atoms with Crippen LogP contribution < -0.4 is 35.1 Å². The Balaban J connectivity index is 1.88. The smallest absolute Gasteiger partial charge is 0.276 e. The van der Waals surface area contributed by atoms with Gasteiger partial charge in [0.1, 0.15) is 5.75 Å². The number of carbonyl (C=O) groups is 2. The average molecular weight is 419 g/mol. The Hall–Kier alpha value is -3.53. The van der Waals surface area contributed by atoms with Gasteiger partial charge in [-0.2, -0.15) is 0 Å². The van der Waals surface area contributed by atoms with Gasteiger partial charge in [0.15, 0.2) is 23.2 Å². The van der Waals surface area contributed by atoms with Crippen LogP contribution in [0.15, 0.2) is 42.5 Å². The van der Waals surface area contributed by atoms with Crippen molar-refractivity contribution < 1.29 is 28.5 Å². The number of amides is 2. The highest BCUT2D eigenvalue weighted by molar-refractivity contribution is 7.80. The van der Waals surface area contributed by atoms with Crippen molar-refractivity contribution in [3.05, 3.63) is 48.0 Å². The van der Waals surface area contributed by atoms with Crippen molar-refractivity contribution in [1.29, 1.82) is 0 Å². The zero-order chi connectivity index (χ0) is 21.2. The SMILES string of the molecule is COc1cc(C(=O)NC(=S)NNC(=O)COc2ccccc2)cc(OC)c1OC. The molecule has 2 aromatic carbocycles. The molecule has 0 spiro atoms. The molecule has 0 aliphatic rings. The van der Waals surface area contributed by atoms with Crippen LogP contribution in [0.1, 0.15) is 10.4 Å². The Morgan fingerprint density at radius 1 is 0.931 bits per heavy atom. The molecule has 3 N–H and O–H groups in total. The Bertz CT molecular complexity index is 850. The van der Waals surface area contributed by atoms with Gasteiger partial charge in [-0.1, -0.05) is 18.2 Å². The number of thiocarbonyl (C=S) groups is 1. The van der Waals surface area contributed by atoms with Gasteiger partial charge in [0.2, 0.25) is 5.75 Å². The van der Waals surface area contributed by atoms with E-state index in [1.165, 1.54) is 33.5 Å². The molecule has 0 heterocycles. The minimum Gasteiger partial charge on any atom is -0.493 e. The molecule has 29 heavy (non-hydrogen) atoms. The van der Waals surface area contributed by atoms with Gasteiger partial charge in [-0.3, -0.25) is 25.8 Å². The monoisotopic (exact) mass is 419 g/mol. The number of hydrogen-bond acceptors (Lipinski definition) is 7. The summed E-state index contributed by atoms with van der Waals surface area (Å²) >= 11 is 5.01. The molecule has 2 aromatic rings. The van der Waals surface area contributed by atoms with E-state index in [0.29, 0.717) is 23.0 Å². The molecule has 10 heteroatoms. The highest BCUT2D eigenvalue weighted by Crippen LogP contribution is 2.38. The van der Waals surface area contributed by atoms with Crippen molar-refractivity contribution in [1.82, 2.24) is 16.2 Å². The van der Waals surface area contributed by atoms with Gasteiger partial charge in [-0.25, -0.2) is 0 Å². The van der Waals surface area contributed by atoms with Gasteiger partial charge in [-0.05, 0) is 36.5 Å². The topological polar surface area (TPSA) is 107 Å². The molecular weight excluding hydrogens is 398 g/mol. The van der Waals surface area contributed by atoms with E-state index in [2.05, 4.69) is 16.2 Å². The lowest BCUT2D eigenvalue weighted by molar-refractivity contribution is -0.123. The molecule has 9 nitrogen and oxygen atoms in total.